The molecule has 0 spiro atoms. The predicted octanol–water partition coefficient (Wildman–Crippen LogP) is 4.96. The fourth-order valence-electron chi connectivity index (χ4n) is 2.92. The predicted molar refractivity (Wildman–Crippen MR) is 130 cm³/mol. The van der Waals surface area contributed by atoms with Crippen LogP contribution in [0.5, 0.6) is 11.5 Å². The summed E-state index contributed by atoms with van der Waals surface area (Å²) in [5, 5.41) is 7.74. The Bertz CT molecular complexity index is 1180. The van der Waals surface area contributed by atoms with Gasteiger partial charge in [0.1, 0.15) is 11.5 Å². The molecule has 2 amide bonds. The van der Waals surface area contributed by atoms with E-state index in [1.165, 1.54) is 26.5 Å². The fraction of sp³-hybridized carbons (Fsp3) is 0.125. The Morgan fingerprint density at radius 3 is 2.33 bits per heavy atom. The molecule has 0 atom stereocenters. The molecule has 3 rings (SSSR count). The topological polar surface area (TPSA) is 89.0 Å². The Morgan fingerprint density at radius 2 is 1.67 bits per heavy atom. The van der Waals surface area contributed by atoms with Crippen molar-refractivity contribution in [3.8, 4) is 11.5 Å². The van der Waals surface area contributed by atoms with Crippen LogP contribution in [0.1, 0.15) is 21.5 Å². The number of carbonyl (C=O) groups excluding carboxylic acids is 2. The maximum atomic E-state index is 12.3. The van der Waals surface area contributed by atoms with Crippen molar-refractivity contribution in [2.75, 3.05) is 19.5 Å². The van der Waals surface area contributed by atoms with E-state index in [0.717, 1.165) is 5.56 Å². The van der Waals surface area contributed by atoms with E-state index >= 15 is 0 Å². The number of nitrogens with zero attached hydrogens (tertiary/aromatic N) is 1. The first kappa shape index (κ1) is 24.1. The standard InChI is InChI=1S/C24H21Cl2N3O4/c1-32-21-10-6-16(12-20(21)26)24(31)29-27-14-17-5-9-19(13-22(17)33-2)28-23(30)11-15-3-7-18(25)8-4-15/h3-10,12-14H,11H2,1-2H3,(H,28,30)(H,29,31)/b27-14+. The van der Waals surface area contributed by atoms with Crippen LogP contribution in [0.25, 0.3) is 0 Å². The van der Waals surface area contributed by atoms with Gasteiger partial charge in [-0.2, -0.15) is 5.10 Å². The third-order valence-electron chi connectivity index (χ3n) is 4.58. The number of nitrogens with one attached hydrogen (secondary N) is 2. The van der Waals surface area contributed by atoms with Gasteiger partial charge in [0, 0.05) is 27.9 Å². The molecule has 0 fully saturated rings. The number of benzene rings is 3. The van der Waals surface area contributed by atoms with Crippen LogP contribution >= 0.6 is 23.2 Å². The van der Waals surface area contributed by atoms with Crippen molar-refractivity contribution in [2.24, 2.45) is 5.10 Å². The minimum atomic E-state index is -0.430. The third-order valence-corrected chi connectivity index (χ3v) is 5.13. The van der Waals surface area contributed by atoms with E-state index in [2.05, 4.69) is 15.8 Å². The Balaban J connectivity index is 1.62. The number of rotatable bonds is 8. The smallest absolute Gasteiger partial charge is 0.271 e. The first-order chi connectivity index (χ1) is 15.9. The van der Waals surface area contributed by atoms with Crippen molar-refractivity contribution < 1.29 is 19.1 Å². The van der Waals surface area contributed by atoms with Gasteiger partial charge in [0.25, 0.3) is 5.91 Å². The highest BCUT2D eigenvalue weighted by Crippen LogP contribution is 2.25. The minimum absolute atomic E-state index is 0.175. The van der Waals surface area contributed by atoms with Gasteiger partial charge in [-0.25, -0.2) is 5.43 Å². The molecule has 0 unspecified atom stereocenters. The average molecular weight is 486 g/mol. The first-order valence-electron chi connectivity index (χ1n) is 9.79. The highest BCUT2D eigenvalue weighted by Gasteiger charge is 2.10. The van der Waals surface area contributed by atoms with E-state index in [0.29, 0.717) is 38.4 Å². The average Bonchev–Trinajstić information content (AvgIpc) is 2.81. The zero-order chi connectivity index (χ0) is 23.8. The zero-order valence-electron chi connectivity index (χ0n) is 17.9. The Morgan fingerprint density at radius 1 is 0.939 bits per heavy atom. The molecule has 170 valence electrons. The van der Waals surface area contributed by atoms with Crippen molar-refractivity contribution in [3.05, 3.63) is 87.4 Å². The van der Waals surface area contributed by atoms with Gasteiger partial charge in [-0.1, -0.05) is 35.3 Å². The molecule has 3 aromatic rings. The van der Waals surface area contributed by atoms with Crippen LogP contribution in [-0.2, 0) is 11.2 Å². The summed E-state index contributed by atoms with van der Waals surface area (Å²) < 4.78 is 10.5. The van der Waals surface area contributed by atoms with Crippen molar-refractivity contribution in [1.82, 2.24) is 5.43 Å². The van der Waals surface area contributed by atoms with Crippen LogP contribution in [0.15, 0.2) is 65.8 Å². The van der Waals surface area contributed by atoms with E-state index in [9.17, 15) is 9.59 Å². The van der Waals surface area contributed by atoms with E-state index < -0.39 is 5.91 Å². The molecule has 0 bridgehead atoms. The Kier molecular flexibility index (Phi) is 8.29. The molecule has 3 aromatic carbocycles. The summed E-state index contributed by atoms with van der Waals surface area (Å²) in [6.45, 7) is 0. The molecule has 0 saturated carbocycles. The Hall–Kier alpha value is -3.55. The van der Waals surface area contributed by atoms with Gasteiger partial charge in [0.15, 0.2) is 0 Å². The number of carbonyl (C=O) groups is 2. The molecule has 0 aliphatic carbocycles. The second-order valence-corrected chi connectivity index (χ2v) is 7.70. The lowest BCUT2D eigenvalue weighted by molar-refractivity contribution is -0.115. The summed E-state index contributed by atoms with van der Waals surface area (Å²) in [7, 11) is 3.00. The summed E-state index contributed by atoms with van der Waals surface area (Å²) in [6.07, 6.45) is 1.66. The fourth-order valence-corrected chi connectivity index (χ4v) is 3.30. The van der Waals surface area contributed by atoms with Crippen molar-refractivity contribution in [1.29, 1.82) is 0 Å². The van der Waals surface area contributed by atoms with Gasteiger partial charge in [-0.3, -0.25) is 9.59 Å². The maximum Gasteiger partial charge on any atom is 0.271 e. The summed E-state index contributed by atoms with van der Waals surface area (Å²) in [4.78, 5) is 24.6. The number of methoxy groups -OCH3 is 2. The van der Waals surface area contributed by atoms with E-state index in [1.54, 1.807) is 54.6 Å². The molecule has 0 aromatic heterocycles. The molecule has 0 saturated heterocycles. The highest BCUT2D eigenvalue weighted by molar-refractivity contribution is 6.32. The van der Waals surface area contributed by atoms with Crippen LogP contribution < -0.4 is 20.2 Å². The molecule has 33 heavy (non-hydrogen) atoms. The van der Waals surface area contributed by atoms with E-state index in [4.69, 9.17) is 32.7 Å². The number of hydrazone groups is 1. The second kappa shape index (κ2) is 11.4. The molecular formula is C24H21Cl2N3O4. The monoisotopic (exact) mass is 485 g/mol. The third kappa shape index (κ3) is 6.71. The number of ether oxygens (including phenoxy) is 2. The van der Waals surface area contributed by atoms with Gasteiger partial charge < -0.3 is 14.8 Å². The lowest BCUT2D eigenvalue weighted by atomic mass is 10.1. The lowest BCUT2D eigenvalue weighted by Gasteiger charge is -2.10. The summed E-state index contributed by atoms with van der Waals surface area (Å²) in [5.41, 5.74) is 4.80. The van der Waals surface area contributed by atoms with Crippen LogP contribution in [-0.4, -0.2) is 32.2 Å². The van der Waals surface area contributed by atoms with Crippen molar-refractivity contribution in [3.63, 3.8) is 0 Å². The second-order valence-electron chi connectivity index (χ2n) is 6.86. The summed E-state index contributed by atoms with van der Waals surface area (Å²) in [6, 6.07) is 16.9. The molecular weight excluding hydrogens is 465 g/mol. The normalized spacial score (nSPS) is 10.7. The van der Waals surface area contributed by atoms with E-state index in [-0.39, 0.29) is 12.3 Å². The largest absolute Gasteiger partial charge is 0.496 e. The molecule has 0 radical (unpaired) electrons. The van der Waals surface area contributed by atoms with Crippen LogP contribution in [0.2, 0.25) is 10.0 Å². The number of anilines is 1. The molecule has 2 N–H and O–H groups in total. The zero-order valence-corrected chi connectivity index (χ0v) is 19.4. The van der Waals surface area contributed by atoms with Crippen molar-refractivity contribution in [2.45, 2.75) is 6.42 Å². The molecule has 9 heteroatoms. The van der Waals surface area contributed by atoms with Crippen LogP contribution in [0.4, 0.5) is 5.69 Å². The van der Waals surface area contributed by atoms with Gasteiger partial charge in [0.2, 0.25) is 5.91 Å². The number of hydrogen-bond donors (Lipinski definition) is 2. The number of amides is 2. The van der Waals surface area contributed by atoms with Crippen LogP contribution in [0, 0.1) is 0 Å². The van der Waals surface area contributed by atoms with Gasteiger partial charge in [-0.15, -0.1) is 0 Å². The van der Waals surface area contributed by atoms with Crippen molar-refractivity contribution >= 4 is 46.9 Å². The molecule has 0 heterocycles. The molecule has 7 nitrogen and oxygen atoms in total. The van der Waals surface area contributed by atoms with E-state index in [1.807, 2.05) is 0 Å². The lowest BCUT2D eigenvalue weighted by Crippen LogP contribution is -2.17. The maximum absolute atomic E-state index is 12.3. The number of halogens is 2. The first-order valence-corrected chi connectivity index (χ1v) is 10.5. The van der Waals surface area contributed by atoms with Gasteiger partial charge in [0.05, 0.1) is 31.9 Å². The van der Waals surface area contributed by atoms with Gasteiger partial charge >= 0.3 is 0 Å². The SMILES string of the molecule is COc1ccc(C(=O)N/N=C/c2ccc(NC(=O)Cc3ccc(Cl)cc3)cc2OC)cc1Cl. The quantitative estimate of drug-likeness (QED) is 0.348. The highest BCUT2D eigenvalue weighted by atomic mass is 35.5. The Labute approximate surface area is 201 Å². The summed E-state index contributed by atoms with van der Waals surface area (Å²) in [5.74, 6) is 0.346. The van der Waals surface area contributed by atoms with Crippen LogP contribution in [0.3, 0.4) is 0 Å². The summed E-state index contributed by atoms with van der Waals surface area (Å²) >= 11 is 11.9. The molecule has 0 aliphatic heterocycles. The van der Waals surface area contributed by atoms with Gasteiger partial charge in [-0.05, 0) is 48.0 Å². The molecule has 0 aliphatic rings. The number of hydrogen-bond acceptors (Lipinski definition) is 5. The minimum Gasteiger partial charge on any atom is -0.496 e.